The largest absolute Gasteiger partial charge is 0.497 e. The summed E-state index contributed by atoms with van der Waals surface area (Å²) in [5.41, 5.74) is 3.52. The molecule has 8 heteroatoms. The number of benzene rings is 2. The van der Waals surface area contributed by atoms with Crippen LogP contribution in [0.4, 0.5) is 5.82 Å². The van der Waals surface area contributed by atoms with Gasteiger partial charge in [0, 0.05) is 48.8 Å². The Morgan fingerprint density at radius 3 is 2.28 bits per heavy atom. The normalized spacial score (nSPS) is 19.6. The third-order valence-corrected chi connectivity index (χ3v) is 6.68. The zero-order valence-corrected chi connectivity index (χ0v) is 21.2. The van der Waals surface area contributed by atoms with Crippen molar-refractivity contribution >= 4 is 11.7 Å². The molecule has 0 N–H and O–H groups in total. The van der Waals surface area contributed by atoms with E-state index in [9.17, 15) is 4.79 Å². The molecule has 2 aliphatic rings. The van der Waals surface area contributed by atoms with Crippen LogP contribution in [0.1, 0.15) is 35.5 Å². The second-order valence-corrected chi connectivity index (χ2v) is 9.40. The summed E-state index contributed by atoms with van der Waals surface area (Å²) in [5.74, 6) is 2.71. The zero-order chi connectivity index (χ0) is 25.2. The Morgan fingerprint density at radius 1 is 0.972 bits per heavy atom. The number of amides is 1. The SMILES string of the molecule is COc1cc(OC)cc(C(=O)N2CCc3nc(-c4ccccc4)nc(N4CC(C)OC(C)C4)c3C2)c1. The van der Waals surface area contributed by atoms with Crippen molar-refractivity contribution in [1.82, 2.24) is 14.9 Å². The first-order valence-electron chi connectivity index (χ1n) is 12.3. The topological polar surface area (TPSA) is 77.0 Å². The number of morpholine rings is 1. The molecule has 5 rings (SSSR count). The lowest BCUT2D eigenvalue weighted by molar-refractivity contribution is -0.00558. The molecule has 2 aliphatic heterocycles. The van der Waals surface area contributed by atoms with Gasteiger partial charge >= 0.3 is 0 Å². The minimum Gasteiger partial charge on any atom is -0.497 e. The molecule has 0 saturated carbocycles. The molecule has 2 unspecified atom stereocenters. The van der Waals surface area contributed by atoms with Gasteiger partial charge in [0.05, 0.1) is 38.7 Å². The first-order chi connectivity index (χ1) is 17.4. The van der Waals surface area contributed by atoms with Crippen molar-refractivity contribution in [3.8, 4) is 22.9 Å². The minimum absolute atomic E-state index is 0.0698. The second-order valence-electron chi connectivity index (χ2n) is 9.40. The Kier molecular flexibility index (Phi) is 6.78. The van der Waals surface area contributed by atoms with Crippen molar-refractivity contribution in [2.75, 3.05) is 38.8 Å². The number of hydrogen-bond donors (Lipinski definition) is 0. The van der Waals surface area contributed by atoms with E-state index in [0.29, 0.717) is 42.4 Å². The van der Waals surface area contributed by atoms with Gasteiger partial charge in [-0.2, -0.15) is 0 Å². The molecule has 0 radical (unpaired) electrons. The third-order valence-electron chi connectivity index (χ3n) is 6.68. The Labute approximate surface area is 211 Å². The van der Waals surface area contributed by atoms with Crippen LogP contribution >= 0.6 is 0 Å². The highest BCUT2D eigenvalue weighted by atomic mass is 16.5. The molecule has 2 atom stereocenters. The fourth-order valence-corrected chi connectivity index (χ4v) is 5.01. The van der Waals surface area contributed by atoms with Crippen LogP contribution in [0.5, 0.6) is 11.5 Å². The molecular weight excluding hydrogens is 456 g/mol. The van der Waals surface area contributed by atoms with Gasteiger partial charge < -0.3 is 24.0 Å². The Balaban J connectivity index is 1.52. The number of anilines is 1. The molecular formula is C28H32N4O4. The van der Waals surface area contributed by atoms with Crippen LogP contribution in [0.25, 0.3) is 11.4 Å². The lowest BCUT2D eigenvalue weighted by atomic mass is 10.0. The molecule has 1 saturated heterocycles. The van der Waals surface area contributed by atoms with E-state index in [-0.39, 0.29) is 18.1 Å². The molecule has 188 valence electrons. The monoisotopic (exact) mass is 488 g/mol. The van der Waals surface area contributed by atoms with Gasteiger partial charge in [0.15, 0.2) is 5.82 Å². The van der Waals surface area contributed by atoms with Crippen molar-refractivity contribution in [3.63, 3.8) is 0 Å². The third kappa shape index (κ3) is 4.86. The average Bonchev–Trinajstić information content (AvgIpc) is 2.91. The molecule has 1 aromatic heterocycles. The van der Waals surface area contributed by atoms with E-state index in [1.54, 1.807) is 32.4 Å². The summed E-state index contributed by atoms with van der Waals surface area (Å²) in [6.45, 7) is 6.66. The number of nitrogens with zero attached hydrogens (tertiary/aromatic N) is 4. The van der Waals surface area contributed by atoms with Gasteiger partial charge in [-0.3, -0.25) is 4.79 Å². The second kappa shape index (κ2) is 10.1. The summed E-state index contributed by atoms with van der Waals surface area (Å²) in [6, 6.07) is 15.3. The smallest absolute Gasteiger partial charge is 0.254 e. The zero-order valence-electron chi connectivity index (χ0n) is 21.2. The molecule has 0 spiro atoms. The fourth-order valence-electron chi connectivity index (χ4n) is 5.01. The predicted molar refractivity (Wildman–Crippen MR) is 138 cm³/mol. The van der Waals surface area contributed by atoms with Crippen LogP contribution < -0.4 is 14.4 Å². The van der Waals surface area contributed by atoms with Crippen molar-refractivity contribution in [1.29, 1.82) is 0 Å². The first kappa shape index (κ1) is 24.1. The lowest BCUT2D eigenvalue weighted by Gasteiger charge is -2.39. The minimum atomic E-state index is -0.0698. The molecule has 1 amide bonds. The maximum atomic E-state index is 13.6. The van der Waals surface area contributed by atoms with E-state index < -0.39 is 0 Å². The highest BCUT2D eigenvalue weighted by Crippen LogP contribution is 2.32. The number of hydrogen-bond acceptors (Lipinski definition) is 7. The molecule has 1 fully saturated rings. The maximum Gasteiger partial charge on any atom is 0.254 e. The van der Waals surface area contributed by atoms with Gasteiger partial charge in [0.1, 0.15) is 17.3 Å². The summed E-state index contributed by atoms with van der Waals surface area (Å²) >= 11 is 0. The lowest BCUT2D eigenvalue weighted by Crippen LogP contribution is -2.47. The van der Waals surface area contributed by atoms with Gasteiger partial charge in [-0.05, 0) is 26.0 Å². The van der Waals surface area contributed by atoms with E-state index in [4.69, 9.17) is 24.2 Å². The van der Waals surface area contributed by atoms with Crippen molar-refractivity contribution in [2.45, 2.75) is 39.0 Å². The number of carbonyl (C=O) groups excluding carboxylic acids is 1. The van der Waals surface area contributed by atoms with Gasteiger partial charge in [-0.1, -0.05) is 30.3 Å². The molecule has 0 bridgehead atoms. The Hall–Kier alpha value is -3.65. The quantitative estimate of drug-likeness (QED) is 0.538. The standard InChI is InChI=1S/C28H32N4O4/c1-18-15-32(16-19(2)36-18)27-24-17-31(28(33)21-12-22(34-3)14-23(13-21)35-4)11-10-25(24)29-26(30-27)20-8-6-5-7-9-20/h5-9,12-14,18-19H,10-11,15-17H2,1-4H3. The summed E-state index contributed by atoms with van der Waals surface area (Å²) in [6.07, 6.45) is 0.836. The molecule has 36 heavy (non-hydrogen) atoms. The van der Waals surface area contributed by atoms with E-state index in [2.05, 4.69) is 18.7 Å². The molecule has 2 aromatic carbocycles. The van der Waals surface area contributed by atoms with Gasteiger partial charge in [0.25, 0.3) is 5.91 Å². The van der Waals surface area contributed by atoms with E-state index in [1.807, 2.05) is 35.2 Å². The Bertz CT molecular complexity index is 1220. The first-order valence-corrected chi connectivity index (χ1v) is 12.3. The summed E-state index contributed by atoms with van der Waals surface area (Å²) in [7, 11) is 3.16. The van der Waals surface area contributed by atoms with Crippen LogP contribution in [0.15, 0.2) is 48.5 Å². The van der Waals surface area contributed by atoms with Crippen molar-refractivity contribution < 1.29 is 19.0 Å². The molecule has 3 heterocycles. The van der Waals surface area contributed by atoms with E-state index >= 15 is 0 Å². The van der Waals surface area contributed by atoms with E-state index in [0.717, 1.165) is 35.7 Å². The van der Waals surface area contributed by atoms with Crippen LogP contribution in [0.3, 0.4) is 0 Å². The van der Waals surface area contributed by atoms with E-state index in [1.165, 1.54) is 0 Å². The number of fused-ring (bicyclic) bond motifs is 1. The number of ether oxygens (including phenoxy) is 3. The number of aromatic nitrogens is 2. The number of carbonyl (C=O) groups is 1. The van der Waals surface area contributed by atoms with Crippen molar-refractivity contribution in [2.24, 2.45) is 0 Å². The summed E-state index contributed by atoms with van der Waals surface area (Å²) in [5, 5.41) is 0. The predicted octanol–water partition coefficient (Wildman–Crippen LogP) is 3.97. The van der Waals surface area contributed by atoms with Crippen molar-refractivity contribution in [3.05, 3.63) is 65.4 Å². The van der Waals surface area contributed by atoms with Gasteiger partial charge in [-0.25, -0.2) is 9.97 Å². The van der Waals surface area contributed by atoms with Crippen LogP contribution in [-0.2, 0) is 17.7 Å². The fraction of sp³-hybridized carbons (Fsp3) is 0.393. The molecule has 3 aromatic rings. The van der Waals surface area contributed by atoms with Crippen LogP contribution in [-0.4, -0.2) is 66.8 Å². The molecule has 8 nitrogen and oxygen atoms in total. The summed E-state index contributed by atoms with van der Waals surface area (Å²) in [4.78, 5) is 27.7. The van der Waals surface area contributed by atoms with Gasteiger partial charge in [-0.15, -0.1) is 0 Å². The highest BCUT2D eigenvalue weighted by molar-refractivity contribution is 5.95. The number of rotatable bonds is 5. The Morgan fingerprint density at radius 2 is 1.64 bits per heavy atom. The van der Waals surface area contributed by atoms with Gasteiger partial charge in [0.2, 0.25) is 0 Å². The average molecular weight is 489 g/mol. The summed E-state index contributed by atoms with van der Waals surface area (Å²) < 4.78 is 16.7. The number of methoxy groups -OCH3 is 2. The highest BCUT2D eigenvalue weighted by Gasteiger charge is 2.31. The van der Waals surface area contributed by atoms with Crippen LogP contribution in [0.2, 0.25) is 0 Å². The van der Waals surface area contributed by atoms with Crippen LogP contribution in [0, 0.1) is 0 Å². The molecule has 0 aliphatic carbocycles. The maximum absolute atomic E-state index is 13.6.